The second-order valence-corrected chi connectivity index (χ2v) is 12.3. The van der Waals surface area contributed by atoms with E-state index in [0.29, 0.717) is 11.3 Å². The highest BCUT2D eigenvalue weighted by molar-refractivity contribution is 7.92. The van der Waals surface area contributed by atoms with Crippen molar-refractivity contribution in [3.63, 3.8) is 0 Å². The van der Waals surface area contributed by atoms with Gasteiger partial charge >= 0.3 is 0 Å². The number of anilines is 1. The fraction of sp³-hybridized carbons (Fsp3) is 0.481. The Morgan fingerprint density at radius 3 is 2.08 bits per heavy atom. The molecule has 36 heavy (non-hydrogen) atoms. The highest BCUT2D eigenvalue weighted by Crippen LogP contribution is 2.22. The van der Waals surface area contributed by atoms with Crippen LogP contribution in [0.2, 0.25) is 0 Å². The summed E-state index contributed by atoms with van der Waals surface area (Å²) in [6, 6.07) is 10.6. The highest BCUT2D eigenvalue weighted by atomic mass is 32.2. The SMILES string of the molecule is Cc1cc(C)cc(N(CCCC(=O)N(Cc2ccc(F)cc2)C(C)C(=O)NC(C)(C)C)S(C)(=O)=O)c1. The van der Waals surface area contributed by atoms with E-state index in [1.807, 2.05) is 40.7 Å². The topological polar surface area (TPSA) is 86.8 Å². The van der Waals surface area contributed by atoms with Crippen LogP contribution < -0.4 is 9.62 Å². The Hall–Kier alpha value is -2.94. The van der Waals surface area contributed by atoms with Gasteiger partial charge in [-0.15, -0.1) is 0 Å². The molecule has 0 aromatic heterocycles. The summed E-state index contributed by atoms with van der Waals surface area (Å²) in [6.45, 7) is 11.3. The predicted octanol–water partition coefficient (Wildman–Crippen LogP) is 4.32. The molecule has 1 N–H and O–H groups in total. The number of amides is 2. The van der Waals surface area contributed by atoms with E-state index in [0.717, 1.165) is 17.4 Å². The van der Waals surface area contributed by atoms with E-state index in [9.17, 15) is 22.4 Å². The van der Waals surface area contributed by atoms with Crippen LogP contribution in [0.15, 0.2) is 42.5 Å². The standard InChI is InChI=1S/C27H38FN3O4S/c1-19-15-20(2)17-24(16-19)31(36(7,34)35)14-8-9-25(32)30(18-22-10-12-23(28)13-11-22)21(3)26(33)29-27(4,5)6/h10-13,15-17,21H,8-9,14,18H2,1-7H3,(H,29,33). The lowest BCUT2D eigenvalue weighted by Crippen LogP contribution is -2.52. The Balaban J connectivity index is 2.21. The summed E-state index contributed by atoms with van der Waals surface area (Å²) in [5.41, 5.74) is 2.66. The molecule has 0 fully saturated rings. The first-order valence-electron chi connectivity index (χ1n) is 12.0. The normalized spacial score (nSPS) is 12.7. The van der Waals surface area contributed by atoms with Gasteiger partial charge in [-0.1, -0.05) is 18.2 Å². The second-order valence-electron chi connectivity index (χ2n) is 10.3. The summed E-state index contributed by atoms with van der Waals surface area (Å²) < 4.78 is 39.7. The highest BCUT2D eigenvalue weighted by Gasteiger charge is 2.28. The van der Waals surface area contributed by atoms with Crippen molar-refractivity contribution >= 4 is 27.5 Å². The minimum absolute atomic E-state index is 0.0468. The van der Waals surface area contributed by atoms with Crippen LogP contribution in [-0.4, -0.2) is 49.5 Å². The average Bonchev–Trinajstić information content (AvgIpc) is 2.72. The van der Waals surface area contributed by atoms with Crippen molar-refractivity contribution in [3.8, 4) is 0 Å². The van der Waals surface area contributed by atoms with Crippen molar-refractivity contribution in [3.05, 3.63) is 65.0 Å². The van der Waals surface area contributed by atoms with Gasteiger partial charge in [0.05, 0.1) is 11.9 Å². The largest absolute Gasteiger partial charge is 0.350 e. The van der Waals surface area contributed by atoms with Crippen LogP contribution in [0, 0.1) is 19.7 Å². The molecular formula is C27H38FN3O4S. The molecular weight excluding hydrogens is 481 g/mol. The van der Waals surface area contributed by atoms with E-state index >= 15 is 0 Å². The molecule has 0 spiro atoms. The van der Waals surface area contributed by atoms with Gasteiger partial charge in [0.2, 0.25) is 21.8 Å². The molecule has 2 rings (SSSR count). The van der Waals surface area contributed by atoms with E-state index in [1.165, 1.54) is 21.3 Å². The molecule has 9 heteroatoms. The van der Waals surface area contributed by atoms with Gasteiger partial charge < -0.3 is 10.2 Å². The van der Waals surface area contributed by atoms with Gasteiger partial charge in [0, 0.05) is 25.0 Å². The van der Waals surface area contributed by atoms with E-state index in [2.05, 4.69) is 5.32 Å². The fourth-order valence-electron chi connectivity index (χ4n) is 3.94. The third-order valence-corrected chi connectivity index (χ3v) is 6.77. The minimum Gasteiger partial charge on any atom is -0.350 e. The van der Waals surface area contributed by atoms with Crippen molar-refractivity contribution in [1.82, 2.24) is 10.2 Å². The van der Waals surface area contributed by atoms with Gasteiger partial charge in [-0.05, 0) is 88.9 Å². The Bertz CT molecular complexity index is 1150. The van der Waals surface area contributed by atoms with Crippen LogP contribution in [0.1, 0.15) is 57.2 Å². The Kier molecular flexibility index (Phi) is 9.65. The molecule has 2 amide bonds. The third kappa shape index (κ3) is 8.93. The van der Waals surface area contributed by atoms with Gasteiger partial charge in [0.1, 0.15) is 11.9 Å². The molecule has 0 saturated heterocycles. The number of rotatable bonds is 10. The van der Waals surface area contributed by atoms with Gasteiger partial charge in [-0.3, -0.25) is 13.9 Å². The molecule has 198 valence electrons. The van der Waals surface area contributed by atoms with E-state index in [-0.39, 0.29) is 43.6 Å². The van der Waals surface area contributed by atoms with Crippen LogP contribution in [0.25, 0.3) is 0 Å². The van der Waals surface area contributed by atoms with Crippen LogP contribution >= 0.6 is 0 Å². The maximum absolute atomic E-state index is 13.4. The fourth-order valence-corrected chi connectivity index (χ4v) is 4.89. The summed E-state index contributed by atoms with van der Waals surface area (Å²) in [5, 5.41) is 2.90. The first-order valence-corrected chi connectivity index (χ1v) is 13.8. The Morgan fingerprint density at radius 2 is 1.58 bits per heavy atom. The second kappa shape index (κ2) is 11.9. The van der Waals surface area contributed by atoms with Crippen LogP contribution in [0.4, 0.5) is 10.1 Å². The quantitative estimate of drug-likeness (QED) is 0.507. The summed E-state index contributed by atoms with van der Waals surface area (Å²) in [6.07, 6.45) is 1.46. The first-order chi connectivity index (χ1) is 16.6. The third-order valence-electron chi connectivity index (χ3n) is 5.58. The van der Waals surface area contributed by atoms with Crippen LogP contribution in [0.3, 0.4) is 0 Å². The lowest BCUT2D eigenvalue weighted by Gasteiger charge is -2.32. The maximum atomic E-state index is 13.4. The van der Waals surface area contributed by atoms with Crippen molar-refractivity contribution in [2.24, 2.45) is 0 Å². The number of sulfonamides is 1. The van der Waals surface area contributed by atoms with E-state index in [1.54, 1.807) is 31.2 Å². The lowest BCUT2D eigenvalue weighted by atomic mass is 10.1. The van der Waals surface area contributed by atoms with Crippen molar-refractivity contribution in [2.75, 3.05) is 17.1 Å². The molecule has 0 saturated carbocycles. The molecule has 2 aromatic rings. The number of benzene rings is 2. The van der Waals surface area contributed by atoms with E-state index < -0.39 is 21.6 Å². The summed E-state index contributed by atoms with van der Waals surface area (Å²) in [7, 11) is -3.56. The van der Waals surface area contributed by atoms with Gasteiger partial charge in [-0.25, -0.2) is 12.8 Å². The van der Waals surface area contributed by atoms with Crippen LogP contribution in [0.5, 0.6) is 0 Å². The zero-order valence-electron chi connectivity index (χ0n) is 22.3. The maximum Gasteiger partial charge on any atom is 0.242 e. The average molecular weight is 520 g/mol. The molecule has 0 aliphatic carbocycles. The molecule has 0 bridgehead atoms. The Labute approximate surface area is 214 Å². The number of hydrogen-bond acceptors (Lipinski definition) is 4. The zero-order chi connectivity index (χ0) is 27.3. The number of nitrogens with one attached hydrogen (secondary N) is 1. The monoisotopic (exact) mass is 519 g/mol. The van der Waals surface area contributed by atoms with Gasteiger partial charge in [0.15, 0.2) is 0 Å². The first kappa shape index (κ1) is 29.3. The van der Waals surface area contributed by atoms with E-state index in [4.69, 9.17) is 0 Å². The van der Waals surface area contributed by atoms with Crippen molar-refractivity contribution in [1.29, 1.82) is 0 Å². The summed E-state index contributed by atoms with van der Waals surface area (Å²) in [5.74, 6) is -0.974. The predicted molar refractivity (Wildman–Crippen MR) is 142 cm³/mol. The number of carbonyl (C=O) groups is 2. The molecule has 1 unspecified atom stereocenters. The zero-order valence-corrected chi connectivity index (χ0v) is 23.1. The molecule has 0 radical (unpaired) electrons. The lowest BCUT2D eigenvalue weighted by molar-refractivity contribution is -0.141. The molecule has 0 aliphatic rings. The molecule has 2 aromatic carbocycles. The smallest absolute Gasteiger partial charge is 0.242 e. The van der Waals surface area contributed by atoms with Crippen molar-refractivity contribution < 1.29 is 22.4 Å². The van der Waals surface area contributed by atoms with Gasteiger partial charge in [-0.2, -0.15) is 0 Å². The molecule has 1 atom stereocenters. The molecule has 7 nitrogen and oxygen atoms in total. The number of hydrogen-bond donors (Lipinski definition) is 1. The minimum atomic E-state index is -3.56. The van der Waals surface area contributed by atoms with Gasteiger partial charge in [0.25, 0.3) is 0 Å². The number of nitrogens with zero attached hydrogens (tertiary/aromatic N) is 2. The molecule has 0 aliphatic heterocycles. The van der Waals surface area contributed by atoms with Crippen LogP contribution in [-0.2, 0) is 26.2 Å². The summed E-state index contributed by atoms with van der Waals surface area (Å²) >= 11 is 0. The van der Waals surface area contributed by atoms with Crippen molar-refractivity contribution in [2.45, 2.75) is 72.5 Å². The molecule has 0 heterocycles. The number of halogens is 1. The Morgan fingerprint density at radius 1 is 1.03 bits per heavy atom. The summed E-state index contributed by atoms with van der Waals surface area (Å²) in [4.78, 5) is 27.6. The number of aryl methyl sites for hydroxylation is 2. The number of carbonyl (C=O) groups excluding carboxylic acids is 2.